The van der Waals surface area contributed by atoms with E-state index in [1.807, 2.05) is 11.9 Å². The van der Waals surface area contributed by atoms with Crippen LogP contribution in [0.2, 0.25) is 0 Å². The Morgan fingerprint density at radius 2 is 2.37 bits per heavy atom. The summed E-state index contributed by atoms with van der Waals surface area (Å²) >= 11 is 0. The highest BCUT2D eigenvalue weighted by molar-refractivity contribution is 5.87. The minimum Gasteiger partial charge on any atom is -0.464 e. The highest BCUT2D eigenvalue weighted by Gasteiger charge is 2.23. The first-order chi connectivity index (χ1) is 9.11. The first-order valence-electron chi connectivity index (χ1n) is 6.43. The summed E-state index contributed by atoms with van der Waals surface area (Å²) in [7, 11) is 5.45. The van der Waals surface area contributed by atoms with E-state index in [2.05, 4.69) is 26.7 Å². The second-order valence-electron chi connectivity index (χ2n) is 4.91. The molecule has 1 atom stereocenters. The number of carbonyl (C=O) groups is 1. The molecule has 0 bridgehead atoms. The van der Waals surface area contributed by atoms with Crippen LogP contribution in [0.4, 0.5) is 5.82 Å². The molecule has 0 saturated carbocycles. The van der Waals surface area contributed by atoms with Gasteiger partial charge < -0.3 is 14.5 Å². The topological polar surface area (TPSA) is 58.6 Å². The number of carbonyl (C=O) groups excluding carboxylic acids is 1. The molecule has 0 radical (unpaired) electrons. The number of likely N-dealkylation sites (tertiary alicyclic amines) is 1. The third-order valence-corrected chi connectivity index (χ3v) is 3.56. The first kappa shape index (κ1) is 13.7. The monoisotopic (exact) mass is 264 g/mol. The zero-order valence-corrected chi connectivity index (χ0v) is 11.7. The highest BCUT2D eigenvalue weighted by atomic mass is 16.5. The summed E-state index contributed by atoms with van der Waals surface area (Å²) in [6, 6.07) is 0.536. The van der Waals surface area contributed by atoms with E-state index in [1.165, 1.54) is 26.1 Å². The van der Waals surface area contributed by atoms with Gasteiger partial charge in [-0.05, 0) is 26.4 Å². The molecule has 1 fully saturated rings. The van der Waals surface area contributed by atoms with Crippen LogP contribution in [0.15, 0.2) is 12.4 Å². The van der Waals surface area contributed by atoms with Crippen molar-refractivity contribution in [1.29, 1.82) is 0 Å². The van der Waals surface area contributed by atoms with Crippen LogP contribution in [0.25, 0.3) is 0 Å². The van der Waals surface area contributed by atoms with Crippen LogP contribution in [0, 0.1) is 0 Å². The van der Waals surface area contributed by atoms with Crippen LogP contribution >= 0.6 is 0 Å². The van der Waals surface area contributed by atoms with E-state index in [0.717, 1.165) is 13.1 Å². The predicted molar refractivity (Wildman–Crippen MR) is 72.3 cm³/mol. The minimum atomic E-state index is -0.458. The van der Waals surface area contributed by atoms with Crippen molar-refractivity contribution >= 4 is 11.8 Å². The fraction of sp³-hybridized carbons (Fsp3) is 0.615. The molecule has 0 spiro atoms. The number of likely N-dealkylation sites (N-methyl/N-ethyl adjacent to an activating group) is 2. The molecule has 6 nitrogen and oxygen atoms in total. The van der Waals surface area contributed by atoms with Crippen molar-refractivity contribution in [2.75, 3.05) is 39.2 Å². The van der Waals surface area contributed by atoms with Crippen LogP contribution in [0.3, 0.4) is 0 Å². The van der Waals surface area contributed by atoms with E-state index in [0.29, 0.717) is 11.9 Å². The van der Waals surface area contributed by atoms with Gasteiger partial charge in [-0.25, -0.2) is 9.78 Å². The predicted octanol–water partition coefficient (Wildman–Crippen LogP) is 0.794. The quantitative estimate of drug-likeness (QED) is 0.750. The summed E-state index contributed by atoms with van der Waals surface area (Å²) in [4.78, 5) is 24.2. The van der Waals surface area contributed by atoms with Crippen LogP contribution in [-0.2, 0) is 4.74 Å². The van der Waals surface area contributed by atoms with Gasteiger partial charge in [-0.2, -0.15) is 0 Å². The number of hydrogen-bond acceptors (Lipinski definition) is 6. The van der Waals surface area contributed by atoms with E-state index < -0.39 is 5.97 Å². The maximum absolute atomic E-state index is 11.4. The van der Waals surface area contributed by atoms with Gasteiger partial charge >= 0.3 is 5.97 Å². The average Bonchev–Trinajstić information content (AvgIpc) is 2.83. The van der Waals surface area contributed by atoms with Crippen LogP contribution in [0.5, 0.6) is 0 Å². The number of nitrogens with zero attached hydrogens (tertiary/aromatic N) is 4. The molecular formula is C13H20N4O2. The normalized spacial score (nSPS) is 19.4. The summed E-state index contributed by atoms with van der Waals surface area (Å²) in [6.45, 7) is 2.03. The number of ether oxygens (including phenoxy) is 1. The molecule has 0 aliphatic carbocycles. The molecule has 1 unspecified atom stereocenters. The fourth-order valence-corrected chi connectivity index (χ4v) is 2.36. The average molecular weight is 264 g/mol. The van der Waals surface area contributed by atoms with Crippen LogP contribution in [-0.4, -0.2) is 61.2 Å². The lowest BCUT2D eigenvalue weighted by atomic mass is 10.2. The number of methoxy groups -OCH3 is 1. The molecule has 1 saturated heterocycles. The molecule has 1 aromatic heterocycles. The summed E-state index contributed by atoms with van der Waals surface area (Å²) in [6.07, 6.45) is 5.53. The van der Waals surface area contributed by atoms with E-state index >= 15 is 0 Å². The number of esters is 1. The molecule has 1 aliphatic heterocycles. The van der Waals surface area contributed by atoms with Crippen molar-refractivity contribution in [2.24, 2.45) is 0 Å². The summed E-state index contributed by atoms with van der Waals surface area (Å²) in [5.74, 6) is 0.240. The Balaban J connectivity index is 2.06. The van der Waals surface area contributed by atoms with Gasteiger partial charge in [-0.3, -0.25) is 4.98 Å². The highest BCUT2D eigenvalue weighted by Crippen LogP contribution is 2.17. The molecule has 0 aromatic carbocycles. The van der Waals surface area contributed by atoms with E-state index in [4.69, 9.17) is 0 Å². The van der Waals surface area contributed by atoms with Crippen molar-refractivity contribution < 1.29 is 9.53 Å². The SMILES string of the molecule is COC(=O)c1cncc(N(C)CC2CCCN2C)n1. The molecular weight excluding hydrogens is 244 g/mol. The minimum absolute atomic E-state index is 0.242. The van der Waals surface area contributed by atoms with Crippen molar-refractivity contribution in [3.8, 4) is 0 Å². The lowest BCUT2D eigenvalue weighted by Gasteiger charge is -2.26. The number of aromatic nitrogens is 2. The van der Waals surface area contributed by atoms with Gasteiger partial charge in [0.2, 0.25) is 0 Å². The third-order valence-electron chi connectivity index (χ3n) is 3.56. The Labute approximate surface area is 113 Å². The Hall–Kier alpha value is -1.69. The summed E-state index contributed by atoms with van der Waals surface area (Å²) in [5.41, 5.74) is 0.242. The molecule has 0 amide bonds. The van der Waals surface area contributed by atoms with Crippen molar-refractivity contribution in [1.82, 2.24) is 14.9 Å². The number of hydrogen-bond donors (Lipinski definition) is 0. The molecule has 2 heterocycles. The molecule has 1 aliphatic rings. The fourth-order valence-electron chi connectivity index (χ4n) is 2.36. The largest absolute Gasteiger partial charge is 0.464 e. The summed E-state index contributed by atoms with van der Waals surface area (Å²) in [5, 5.41) is 0. The molecule has 0 N–H and O–H groups in total. The van der Waals surface area contributed by atoms with Crippen LogP contribution < -0.4 is 4.90 Å². The number of anilines is 1. The summed E-state index contributed by atoms with van der Waals surface area (Å²) < 4.78 is 4.65. The number of rotatable bonds is 4. The molecule has 6 heteroatoms. The Morgan fingerprint density at radius 1 is 1.58 bits per heavy atom. The molecule has 104 valence electrons. The van der Waals surface area contributed by atoms with Crippen molar-refractivity contribution in [3.63, 3.8) is 0 Å². The smallest absolute Gasteiger partial charge is 0.358 e. The van der Waals surface area contributed by atoms with Gasteiger partial charge in [-0.15, -0.1) is 0 Å². The van der Waals surface area contributed by atoms with Gasteiger partial charge in [0.05, 0.1) is 19.5 Å². The first-order valence-corrected chi connectivity index (χ1v) is 6.43. The van der Waals surface area contributed by atoms with Gasteiger partial charge in [0.25, 0.3) is 0 Å². The van der Waals surface area contributed by atoms with Crippen molar-refractivity contribution in [2.45, 2.75) is 18.9 Å². The lowest BCUT2D eigenvalue weighted by molar-refractivity contribution is 0.0593. The van der Waals surface area contributed by atoms with Crippen LogP contribution in [0.1, 0.15) is 23.3 Å². The zero-order chi connectivity index (χ0) is 13.8. The Morgan fingerprint density at radius 3 is 3.00 bits per heavy atom. The van der Waals surface area contributed by atoms with E-state index in [-0.39, 0.29) is 5.69 Å². The second-order valence-corrected chi connectivity index (χ2v) is 4.91. The Bertz CT molecular complexity index is 452. The second kappa shape index (κ2) is 5.97. The maximum Gasteiger partial charge on any atom is 0.358 e. The maximum atomic E-state index is 11.4. The Kier molecular flexibility index (Phi) is 4.31. The lowest BCUT2D eigenvalue weighted by Crippen LogP contribution is -2.37. The molecule has 2 rings (SSSR count). The van der Waals surface area contributed by atoms with Gasteiger partial charge in [0.15, 0.2) is 5.69 Å². The van der Waals surface area contributed by atoms with E-state index in [1.54, 1.807) is 6.20 Å². The molecule has 19 heavy (non-hydrogen) atoms. The van der Waals surface area contributed by atoms with Gasteiger partial charge in [-0.1, -0.05) is 0 Å². The van der Waals surface area contributed by atoms with Gasteiger partial charge in [0, 0.05) is 19.6 Å². The van der Waals surface area contributed by atoms with E-state index in [9.17, 15) is 4.79 Å². The zero-order valence-electron chi connectivity index (χ0n) is 11.7. The van der Waals surface area contributed by atoms with Crippen molar-refractivity contribution in [3.05, 3.63) is 18.1 Å². The van der Waals surface area contributed by atoms with Gasteiger partial charge in [0.1, 0.15) is 5.82 Å². The molecule has 1 aromatic rings. The standard InChI is InChI=1S/C13H20N4O2/c1-16-6-4-5-10(16)9-17(2)12-8-14-7-11(15-12)13(18)19-3/h7-8,10H,4-6,9H2,1-3H3. The third kappa shape index (κ3) is 3.20.